The van der Waals surface area contributed by atoms with E-state index in [1.54, 1.807) is 0 Å². The Morgan fingerprint density at radius 2 is 0.932 bits per heavy atom. The molecule has 0 unspecified atom stereocenters. The van der Waals surface area contributed by atoms with Gasteiger partial charge in [-0.1, -0.05) is 145 Å². The monoisotopic (exact) mass is 759 g/mol. The van der Waals surface area contributed by atoms with Crippen LogP contribution in [0, 0.1) is 0 Å². The van der Waals surface area contributed by atoms with Gasteiger partial charge >= 0.3 is 0 Å². The molecule has 1 aromatic heterocycles. The number of nitrogens with zero attached hydrogens (tertiary/aromatic N) is 1. The first kappa shape index (κ1) is 34.4. The second kappa shape index (κ2) is 11.7. The lowest BCUT2D eigenvalue weighted by Crippen LogP contribution is -2.21. The molecule has 0 saturated carbocycles. The van der Waals surface area contributed by atoms with Crippen molar-refractivity contribution in [2.75, 3.05) is 4.90 Å². The third-order valence-corrected chi connectivity index (χ3v) is 14.2. The van der Waals surface area contributed by atoms with E-state index in [1.165, 1.54) is 83.6 Å². The highest BCUT2D eigenvalue weighted by Crippen LogP contribution is 2.59. The Labute approximate surface area is 346 Å². The summed E-state index contributed by atoms with van der Waals surface area (Å²) in [6.07, 6.45) is 0. The molecular weight excluding hydrogens is 715 g/mol. The van der Waals surface area contributed by atoms with E-state index in [0.717, 1.165) is 33.3 Å². The molecule has 8 aromatic carbocycles. The normalized spacial score (nSPS) is 15.7. The van der Waals surface area contributed by atoms with Crippen LogP contribution in [0.5, 0.6) is 0 Å². The highest BCUT2D eigenvalue weighted by Gasteiger charge is 2.44. The Bertz CT molecular complexity index is 3250. The molecule has 284 valence electrons. The molecule has 0 saturated heterocycles. The Morgan fingerprint density at radius 1 is 0.356 bits per heavy atom. The van der Waals surface area contributed by atoms with Crippen LogP contribution in [-0.2, 0) is 16.2 Å². The molecule has 59 heavy (non-hydrogen) atoms. The van der Waals surface area contributed by atoms with Crippen LogP contribution in [0.15, 0.2) is 168 Å². The molecule has 1 heterocycles. The predicted molar refractivity (Wildman–Crippen MR) is 247 cm³/mol. The molecule has 2 nitrogen and oxygen atoms in total. The van der Waals surface area contributed by atoms with Gasteiger partial charge in [-0.15, -0.1) is 0 Å². The summed E-state index contributed by atoms with van der Waals surface area (Å²) < 4.78 is 6.56. The van der Waals surface area contributed by atoms with Crippen molar-refractivity contribution in [3.63, 3.8) is 0 Å². The Morgan fingerprint density at radius 3 is 1.76 bits per heavy atom. The molecule has 3 aliphatic rings. The van der Waals surface area contributed by atoms with E-state index in [9.17, 15) is 0 Å². The minimum absolute atomic E-state index is 0.0733. The zero-order valence-corrected chi connectivity index (χ0v) is 34.4. The van der Waals surface area contributed by atoms with Crippen LogP contribution in [-0.4, -0.2) is 0 Å². The van der Waals surface area contributed by atoms with Gasteiger partial charge in [0.2, 0.25) is 0 Å². The minimum atomic E-state index is -0.264. The molecular formula is C57H45NO. The molecule has 2 heteroatoms. The summed E-state index contributed by atoms with van der Waals surface area (Å²) in [7, 11) is 0. The Balaban J connectivity index is 1.06. The third-order valence-electron chi connectivity index (χ3n) is 14.2. The smallest absolute Gasteiger partial charge is 0.137 e. The zero-order valence-electron chi connectivity index (χ0n) is 34.4. The minimum Gasteiger partial charge on any atom is -0.456 e. The first-order valence-electron chi connectivity index (χ1n) is 21.0. The van der Waals surface area contributed by atoms with Crippen LogP contribution in [0.4, 0.5) is 17.1 Å². The van der Waals surface area contributed by atoms with E-state index in [4.69, 9.17) is 4.42 Å². The van der Waals surface area contributed by atoms with E-state index in [2.05, 4.69) is 204 Å². The average molecular weight is 760 g/mol. The lowest BCUT2D eigenvalue weighted by Gasteiger charge is -2.33. The van der Waals surface area contributed by atoms with Crippen molar-refractivity contribution >= 4 is 39.0 Å². The van der Waals surface area contributed by atoms with Gasteiger partial charge in [-0.2, -0.15) is 0 Å². The number of anilines is 3. The van der Waals surface area contributed by atoms with E-state index in [0.29, 0.717) is 0 Å². The van der Waals surface area contributed by atoms with Gasteiger partial charge in [0.25, 0.3) is 0 Å². The lowest BCUT2D eigenvalue weighted by atomic mass is 9.78. The van der Waals surface area contributed by atoms with Crippen LogP contribution in [0.2, 0.25) is 0 Å². The summed E-state index contributed by atoms with van der Waals surface area (Å²) in [5, 5.41) is 2.27. The molecule has 0 atom stereocenters. The van der Waals surface area contributed by atoms with Gasteiger partial charge in [0.05, 0.1) is 5.69 Å². The molecule has 0 radical (unpaired) electrons. The summed E-state index contributed by atoms with van der Waals surface area (Å²) in [4.78, 5) is 2.50. The summed E-state index contributed by atoms with van der Waals surface area (Å²) in [5.74, 6) is 0. The zero-order chi connectivity index (χ0) is 40.0. The number of furan rings is 1. The number of benzene rings is 8. The van der Waals surface area contributed by atoms with E-state index < -0.39 is 0 Å². The van der Waals surface area contributed by atoms with E-state index >= 15 is 0 Å². The van der Waals surface area contributed by atoms with Crippen molar-refractivity contribution in [2.45, 2.75) is 57.8 Å². The second-order valence-electron chi connectivity index (χ2n) is 18.5. The molecule has 0 N–H and O–H groups in total. The van der Waals surface area contributed by atoms with Crippen molar-refractivity contribution < 1.29 is 4.42 Å². The van der Waals surface area contributed by atoms with Crippen LogP contribution in [0.1, 0.15) is 74.9 Å². The molecule has 3 aliphatic carbocycles. The van der Waals surface area contributed by atoms with Gasteiger partial charge in [0.15, 0.2) is 0 Å². The number of rotatable bonds is 4. The van der Waals surface area contributed by atoms with E-state index in [-0.39, 0.29) is 16.2 Å². The van der Waals surface area contributed by atoms with Crippen LogP contribution in [0.25, 0.3) is 66.4 Å². The number of hydrogen-bond donors (Lipinski definition) is 0. The first-order chi connectivity index (χ1) is 28.5. The van der Waals surface area contributed by atoms with Crippen molar-refractivity contribution in [3.05, 3.63) is 197 Å². The van der Waals surface area contributed by atoms with Gasteiger partial charge < -0.3 is 9.32 Å². The van der Waals surface area contributed by atoms with Crippen molar-refractivity contribution in [3.8, 4) is 44.5 Å². The Hall–Kier alpha value is -6.64. The fraction of sp³-hybridized carbons (Fsp3) is 0.158. The Kier molecular flexibility index (Phi) is 6.84. The average Bonchev–Trinajstić information content (AvgIpc) is 3.89. The molecule has 0 fully saturated rings. The third kappa shape index (κ3) is 4.63. The van der Waals surface area contributed by atoms with Gasteiger partial charge in [0.1, 0.15) is 11.2 Å². The lowest BCUT2D eigenvalue weighted by molar-refractivity contribution is 0.652. The van der Waals surface area contributed by atoms with Crippen molar-refractivity contribution in [1.29, 1.82) is 0 Å². The molecule has 0 bridgehead atoms. The van der Waals surface area contributed by atoms with Crippen molar-refractivity contribution in [2.24, 2.45) is 0 Å². The first-order valence-corrected chi connectivity index (χ1v) is 21.0. The highest BCUT2D eigenvalue weighted by atomic mass is 16.3. The maximum Gasteiger partial charge on any atom is 0.137 e. The maximum atomic E-state index is 6.56. The summed E-state index contributed by atoms with van der Waals surface area (Å²) in [6.45, 7) is 14.4. The standard InChI is InChI=1S/C57H45NO/c1-55(2)46-20-12-10-17-38(46)44-32-50-45(33-49(44)55)43-19-14-21-51(54(43)57(50,5)6)58(37-25-28-42-41-18-11-13-22-52(41)59-53(42)31-37)36-24-27-40-39-26-23-35(34-15-8-7-9-16-34)29-47(39)56(3,4)48(40)30-36/h7-33H,1-6H3. The van der Waals surface area contributed by atoms with Gasteiger partial charge in [-0.25, -0.2) is 0 Å². The van der Waals surface area contributed by atoms with Gasteiger partial charge in [0, 0.05) is 44.5 Å². The molecule has 12 rings (SSSR count). The van der Waals surface area contributed by atoms with Crippen molar-refractivity contribution in [1.82, 2.24) is 0 Å². The topological polar surface area (TPSA) is 16.4 Å². The number of para-hydroxylation sites is 1. The SMILES string of the molecule is CC1(C)c2cc(-c3ccccc3)ccc2-c2ccc(N(c3ccc4c(c3)oc3ccccc34)c3cccc4c3C(C)(C)c3cc5c(cc3-4)C(C)(C)c3ccccc3-5)cc21. The number of hydrogen-bond acceptors (Lipinski definition) is 2. The van der Waals surface area contributed by atoms with Crippen LogP contribution in [0.3, 0.4) is 0 Å². The van der Waals surface area contributed by atoms with Crippen LogP contribution >= 0.6 is 0 Å². The highest BCUT2D eigenvalue weighted by molar-refractivity contribution is 6.06. The fourth-order valence-electron chi connectivity index (χ4n) is 11.2. The van der Waals surface area contributed by atoms with Crippen LogP contribution < -0.4 is 4.90 Å². The predicted octanol–water partition coefficient (Wildman–Crippen LogP) is 15.6. The summed E-state index contributed by atoms with van der Waals surface area (Å²) in [5.41, 5.74) is 23.5. The fourth-order valence-corrected chi connectivity index (χ4v) is 11.2. The molecule has 9 aromatic rings. The number of fused-ring (bicyclic) bond motifs is 12. The molecule has 0 aliphatic heterocycles. The molecule has 0 spiro atoms. The largest absolute Gasteiger partial charge is 0.456 e. The second-order valence-corrected chi connectivity index (χ2v) is 18.5. The summed E-state index contributed by atoms with van der Waals surface area (Å²) in [6, 6.07) is 61.0. The van der Waals surface area contributed by atoms with Gasteiger partial charge in [-0.3, -0.25) is 0 Å². The molecule has 0 amide bonds. The maximum absolute atomic E-state index is 6.56. The van der Waals surface area contributed by atoms with Gasteiger partial charge in [-0.05, 0) is 132 Å². The quantitative estimate of drug-likeness (QED) is 0.178. The van der Waals surface area contributed by atoms with E-state index in [1.807, 2.05) is 6.07 Å². The summed E-state index contributed by atoms with van der Waals surface area (Å²) >= 11 is 0.